The maximum absolute atomic E-state index is 12.3. The minimum absolute atomic E-state index is 0.00520. The summed E-state index contributed by atoms with van der Waals surface area (Å²) in [6, 6.07) is 3.18. The van der Waals surface area contributed by atoms with Gasteiger partial charge in [0.2, 0.25) is 0 Å². The van der Waals surface area contributed by atoms with Gasteiger partial charge in [-0.1, -0.05) is 47.6 Å². The summed E-state index contributed by atoms with van der Waals surface area (Å²) in [7, 11) is 0. The van der Waals surface area contributed by atoms with E-state index < -0.39 is 35.8 Å². The van der Waals surface area contributed by atoms with Crippen LogP contribution in [0.15, 0.2) is 18.2 Å². The summed E-state index contributed by atoms with van der Waals surface area (Å²) in [5.74, 6) is -4.00. The first-order chi connectivity index (χ1) is 16.4. The van der Waals surface area contributed by atoms with Crippen molar-refractivity contribution in [2.75, 3.05) is 6.61 Å². The van der Waals surface area contributed by atoms with Crippen molar-refractivity contribution in [3.8, 4) is 11.5 Å². The van der Waals surface area contributed by atoms with Crippen LogP contribution in [0.25, 0.3) is 0 Å². The number of nitrogens with two attached hydrogens (primary N) is 1. The van der Waals surface area contributed by atoms with E-state index in [1.54, 1.807) is 19.9 Å². The van der Waals surface area contributed by atoms with Crippen LogP contribution < -0.4 is 15.2 Å². The van der Waals surface area contributed by atoms with Crippen molar-refractivity contribution in [1.82, 2.24) is 0 Å². The number of carbonyl (C=O) groups is 4. The van der Waals surface area contributed by atoms with Gasteiger partial charge >= 0.3 is 23.9 Å². The third kappa shape index (κ3) is 9.32. The normalized spacial score (nSPS) is 14.5. The maximum Gasteiger partial charge on any atom is 0.321 e. The Morgan fingerprint density at radius 1 is 0.914 bits per heavy atom. The van der Waals surface area contributed by atoms with Crippen LogP contribution in [0.4, 0.5) is 0 Å². The zero-order valence-corrected chi connectivity index (χ0v) is 21.5. The molecule has 0 bridgehead atoms. The summed E-state index contributed by atoms with van der Waals surface area (Å²) in [5.41, 5.74) is 6.49. The van der Waals surface area contributed by atoms with Gasteiger partial charge < -0.3 is 25.1 Å². The number of aliphatic carboxylic acids is 1. The van der Waals surface area contributed by atoms with Gasteiger partial charge in [-0.3, -0.25) is 19.2 Å². The average Bonchev–Trinajstić information content (AvgIpc) is 2.78. The van der Waals surface area contributed by atoms with Crippen molar-refractivity contribution >= 4 is 23.9 Å². The summed E-state index contributed by atoms with van der Waals surface area (Å²) in [6.07, 6.45) is 1.50. The third-order valence-corrected chi connectivity index (χ3v) is 5.85. The van der Waals surface area contributed by atoms with Gasteiger partial charge in [-0.25, -0.2) is 0 Å². The van der Waals surface area contributed by atoms with E-state index in [-0.39, 0.29) is 48.8 Å². The van der Waals surface area contributed by atoms with Crippen molar-refractivity contribution in [2.45, 2.75) is 79.2 Å². The molecular formula is C26H39NO8. The van der Waals surface area contributed by atoms with E-state index in [9.17, 15) is 24.3 Å². The Labute approximate surface area is 207 Å². The maximum atomic E-state index is 12.3. The van der Waals surface area contributed by atoms with E-state index in [1.165, 1.54) is 12.1 Å². The lowest BCUT2D eigenvalue weighted by molar-refractivity contribution is -0.151. The topological polar surface area (TPSA) is 142 Å². The van der Waals surface area contributed by atoms with Crippen LogP contribution >= 0.6 is 0 Å². The molecule has 3 unspecified atom stereocenters. The Morgan fingerprint density at radius 3 is 1.94 bits per heavy atom. The molecule has 0 aliphatic carbocycles. The predicted molar refractivity (Wildman–Crippen MR) is 130 cm³/mol. The molecule has 3 N–H and O–H groups in total. The van der Waals surface area contributed by atoms with Crippen molar-refractivity contribution in [2.24, 2.45) is 23.5 Å². The Bertz CT molecular complexity index is 882. The van der Waals surface area contributed by atoms with Gasteiger partial charge in [-0.2, -0.15) is 0 Å². The summed E-state index contributed by atoms with van der Waals surface area (Å²) in [5, 5.41) is 9.63. The number of carboxylic acid groups (broad SMARTS) is 1. The highest BCUT2D eigenvalue weighted by atomic mass is 16.6. The highest BCUT2D eigenvalue weighted by molar-refractivity contribution is 5.77. The molecule has 35 heavy (non-hydrogen) atoms. The predicted octanol–water partition coefficient (Wildman–Crippen LogP) is 4.06. The van der Waals surface area contributed by atoms with Gasteiger partial charge in [-0.15, -0.1) is 0 Å². The van der Waals surface area contributed by atoms with E-state index in [4.69, 9.17) is 19.9 Å². The number of hydrogen-bond donors (Lipinski definition) is 2. The van der Waals surface area contributed by atoms with Crippen LogP contribution in [0.5, 0.6) is 11.5 Å². The Morgan fingerprint density at radius 2 is 1.46 bits per heavy atom. The smallest absolute Gasteiger partial charge is 0.321 e. The van der Waals surface area contributed by atoms with E-state index >= 15 is 0 Å². The molecule has 4 atom stereocenters. The number of benzene rings is 1. The van der Waals surface area contributed by atoms with Gasteiger partial charge in [0.1, 0.15) is 6.04 Å². The largest absolute Gasteiger partial charge is 0.480 e. The van der Waals surface area contributed by atoms with Gasteiger partial charge in [0.25, 0.3) is 0 Å². The number of rotatable bonds is 14. The second kappa shape index (κ2) is 14.5. The minimum Gasteiger partial charge on any atom is -0.480 e. The number of carboxylic acids is 1. The van der Waals surface area contributed by atoms with E-state index in [0.29, 0.717) is 18.4 Å². The minimum atomic E-state index is -1.32. The first-order valence-electron chi connectivity index (χ1n) is 12.1. The molecule has 0 fully saturated rings. The highest BCUT2D eigenvalue weighted by Gasteiger charge is 2.33. The number of carbonyl (C=O) groups excluding carboxylic acids is 3. The van der Waals surface area contributed by atoms with Crippen LogP contribution in [0.1, 0.15) is 78.7 Å². The molecule has 0 amide bonds. The second-order valence-electron chi connectivity index (χ2n) is 9.18. The van der Waals surface area contributed by atoms with Crippen molar-refractivity contribution < 1.29 is 38.5 Å². The zero-order chi connectivity index (χ0) is 26.7. The van der Waals surface area contributed by atoms with Crippen molar-refractivity contribution in [3.63, 3.8) is 0 Å². The van der Waals surface area contributed by atoms with Gasteiger partial charge in [-0.05, 0) is 42.4 Å². The standard InChI is InChI=1S/C26H39NO8/c1-7-9-21(28)34-19-12-11-18(13-20(19)35-22(29)10-8-2)23(24(27)25(30)31)16(5)14-33-26(32)17(6)15(3)4/h11-13,15-17,23-24H,7-10,14,27H2,1-6H3,(H,30,31)/t16?,17?,23?,24-/m0/s1. The number of ether oxygens (including phenoxy) is 3. The van der Waals surface area contributed by atoms with Crippen LogP contribution in [-0.2, 0) is 23.9 Å². The molecule has 1 aromatic rings. The van der Waals surface area contributed by atoms with E-state index in [1.807, 2.05) is 27.7 Å². The van der Waals surface area contributed by atoms with Crippen LogP contribution in [0.3, 0.4) is 0 Å². The lowest BCUT2D eigenvalue weighted by Gasteiger charge is -2.28. The summed E-state index contributed by atoms with van der Waals surface area (Å²) >= 11 is 0. The van der Waals surface area contributed by atoms with Gasteiger partial charge in [0.15, 0.2) is 11.5 Å². The van der Waals surface area contributed by atoms with Crippen LogP contribution in [0.2, 0.25) is 0 Å². The first-order valence-corrected chi connectivity index (χ1v) is 12.1. The summed E-state index contributed by atoms with van der Waals surface area (Å²) < 4.78 is 16.3. The van der Waals surface area contributed by atoms with Gasteiger partial charge in [0, 0.05) is 18.8 Å². The van der Waals surface area contributed by atoms with E-state index in [2.05, 4.69) is 0 Å². The Balaban J connectivity index is 3.32. The molecule has 0 saturated heterocycles. The average molecular weight is 494 g/mol. The Kier molecular flexibility index (Phi) is 12.4. The quantitative estimate of drug-likeness (QED) is 0.290. The zero-order valence-electron chi connectivity index (χ0n) is 21.5. The lowest BCUT2D eigenvalue weighted by atomic mass is 9.82. The molecule has 1 rings (SSSR count). The monoisotopic (exact) mass is 493 g/mol. The fourth-order valence-electron chi connectivity index (χ4n) is 3.42. The first kappa shape index (κ1) is 30.1. The Hall–Kier alpha value is -2.94. The molecule has 196 valence electrons. The molecule has 0 saturated carbocycles. The van der Waals surface area contributed by atoms with Crippen molar-refractivity contribution in [1.29, 1.82) is 0 Å². The highest BCUT2D eigenvalue weighted by Crippen LogP contribution is 2.36. The van der Waals surface area contributed by atoms with Crippen LogP contribution in [-0.4, -0.2) is 41.6 Å². The summed E-state index contributed by atoms with van der Waals surface area (Å²) in [4.78, 5) is 48.3. The van der Waals surface area contributed by atoms with Gasteiger partial charge in [0.05, 0.1) is 12.5 Å². The SMILES string of the molecule is CCCC(=O)Oc1ccc(C(C(C)COC(=O)C(C)C(C)C)[C@H](N)C(=O)O)cc1OC(=O)CCC. The molecule has 0 heterocycles. The molecule has 1 aromatic carbocycles. The fraction of sp³-hybridized carbons (Fsp3) is 0.615. The molecule has 0 spiro atoms. The fourth-order valence-corrected chi connectivity index (χ4v) is 3.42. The lowest BCUT2D eigenvalue weighted by Crippen LogP contribution is -2.41. The van der Waals surface area contributed by atoms with Crippen LogP contribution in [0, 0.1) is 17.8 Å². The molecule has 9 heteroatoms. The molecule has 0 radical (unpaired) electrons. The molecule has 0 aliphatic rings. The molecule has 0 aliphatic heterocycles. The molecular weight excluding hydrogens is 454 g/mol. The van der Waals surface area contributed by atoms with Crippen molar-refractivity contribution in [3.05, 3.63) is 23.8 Å². The summed E-state index contributed by atoms with van der Waals surface area (Å²) in [6.45, 7) is 10.9. The molecule has 9 nitrogen and oxygen atoms in total. The number of esters is 3. The number of hydrogen-bond acceptors (Lipinski definition) is 8. The third-order valence-electron chi connectivity index (χ3n) is 5.85. The van der Waals surface area contributed by atoms with E-state index in [0.717, 1.165) is 0 Å². The second-order valence-corrected chi connectivity index (χ2v) is 9.18. The molecule has 0 aromatic heterocycles.